The Bertz CT molecular complexity index is 478. The van der Waals surface area contributed by atoms with Gasteiger partial charge in [-0.05, 0) is 101 Å². The zero-order valence-corrected chi connectivity index (χ0v) is 22.4. The average molecular weight is 471 g/mol. The van der Waals surface area contributed by atoms with E-state index in [4.69, 9.17) is 22.4 Å². The van der Waals surface area contributed by atoms with E-state index in [1.165, 1.54) is 51.4 Å². The number of hydrogen-bond donors (Lipinski definition) is 0. The van der Waals surface area contributed by atoms with Crippen LogP contribution in [0.4, 0.5) is 0 Å². The summed E-state index contributed by atoms with van der Waals surface area (Å²) in [6.07, 6.45) is 12.8. The fourth-order valence-electron chi connectivity index (χ4n) is 4.83. The maximum absolute atomic E-state index is 6.53. The minimum absolute atomic E-state index is 0.640. The van der Waals surface area contributed by atoms with E-state index in [0.717, 1.165) is 26.4 Å². The third-order valence-electron chi connectivity index (χ3n) is 6.66. The molecule has 0 atom stereocenters. The van der Waals surface area contributed by atoms with Crippen molar-refractivity contribution >= 4 is 17.1 Å². The van der Waals surface area contributed by atoms with E-state index in [1.807, 2.05) is 0 Å². The van der Waals surface area contributed by atoms with Crippen molar-refractivity contribution in [1.82, 2.24) is 0 Å². The van der Waals surface area contributed by atoms with Gasteiger partial charge in [0.25, 0.3) is 0 Å². The largest absolute Gasteiger partial charge is 0.502 e. The van der Waals surface area contributed by atoms with Crippen molar-refractivity contribution in [1.29, 1.82) is 0 Å². The van der Waals surface area contributed by atoms with Gasteiger partial charge in [0.15, 0.2) is 0 Å². The molecule has 0 unspecified atom stereocenters. The molecule has 31 heavy (non-hydrogen) atoms. The molecule has 0 aromatic rings. The number of rotatable bonds is 14. The molecule has 0 aromatic carbocycles. The molecule has 0 aliphatic heterocycles. The predicted molar refractivity (Wildman–Crippen MR) is 131 cm³/mol. The van der Waals surface area contributed by atoms with Crippen molar-refractivity contribution in [2.75, 3.05) is 26.4 Å². The lowest BCUT2D eigenvalue weighted by Crippen LogP contribution is -2.49. The van der Waals surface area contributed by atoms with Gasteiger partial charge in [0.05, 0.1) is 25.7 Å². The highest BCUT2D eigenvalue weighted by atomic mass is 28.5. The molecule has 0 spiro atoms. The van der Waals surface area contributed by atoms with Crippen molar-refractivity contribution in [3.63, 3.8) is 0 Å². The Morgan fingerprint density at radius 3 is 1.16 bits per heavy atom. The van der Waals surface area contributed by atoms with Gasteiger partial charge in [0.2, 0.25) is 0 Å². The summed E-state index contributed by atoms with van der Waals surface area (Å²) in [5.74, 6) is 2.61. The van der Waals surface area contributed by atoms with Gasteiger partial charge in [-0.2, -0.15) is 0 Å². The Kier molecular flexibility index (Phi) is 11.3. The zero-order chi connectivity index (χ0) is 22.7. The summed E-state index contributed by atoms with van der Waals surface area (Å²) in [6.45, 7) is 19.2. The van der Waals surface area contributed by atoms with Gasteiger partial charge in [0.1, 0.15) is 0 Å². The summed E-state index contributed by atoms with van der Waals surface area (Å²) in [7, 11) is -4.40. The Hall–Kier alpha value is -0.606. The van der Waals surface area contributed by atoms with Crippen LogP contribution in [0, 0.1) is 23.7 Å². The van der Waals surface area contributed by atoms with Crippen LogP contribution in [-0.2, 0) is 22.4 Å². The molecule has 2 aliphatic rings. The van der Waals surface area contributed by atoms with Crippen LogP contribution in [0.3, 0.4) is 0 Å². The molecule has 2 aliphatic carbocycles. The smallest absolute Gasteiger partial charge is 0.322 e. The van der Waals surface area contributed by atoms with Crippen molar-refractivity contribution < 1.29 is 22.4 Å². The number of ether oxygens (including phenoxy) is 2. The summed E-state index contributed by atoms with van der Waals surface area (Å²) in [5.41, 5.74) is 0. The number of hydrogen-bond acceptors (Lipinski definition) is 5. The van der Waals surface area contributed by atoms with Crippen molar-refractivity contribution in [3.8, 4) is 0 Å². The van der Waals surface area contributed by atoms with Crippen LogP contribution in [-0.4, -0.2) is 43.5 Å². The van der Waals surface area contributed by atoms with E-state index in [2.05, 4.69) is 39.3 Å². The van der Waals surface area contributed by atoms with Gasteiger partial charge in [0, 0.05) is 13.2 Å². The molecule has 0 aromatic heterocycles. The average Bonchev–Trinajstić information content (AvgIpc) is 2.74. The van der Waals surface area contributed by atoms with E-state index in [0.29, 0.717) is 23.7 Å². The van der Waals surface area contributed by atoms with Crippen LogP contribution in [0.2, 0.25) is 26.2 Å². The minimum Gasteiger partial charge on any atom is -0.502 e. The topological polar surface area (TPSA) is 46.2 Å². The lowest BCUT2D eigenvalue weighted by Gasteiger charge is -2.36. The molecule has 0 amide bonds. The van der Waals surface area contributed by atoms with E-state index in [-0.39, 0.29) is 0 Å². The molecular weight excluding hydrogens is 424 g/mol. The van der Waals surface area contributed by atoms with Gasteiger partial charge >= 0.3 is 17.1 Å². The molecule has 0 bridgehead atoms. The SMILES string of the molecule is C=COCC1CCC(CO[Si](C)(C)O[Si](C)(C)OCC2CCC(COC=C)CC2)CC1. The summed E-state index contributed by atoms with van der Waals surface area (Å²) < 4.78 is 30.0. The molecule has 180 valence electrons. The first-order valence-electron chi connectivity index (χ1n) is 12.2. The van der Waals surface area contributed by atoms with Gasteiger partial charge in [-0.25, -0.2) is 0 Å². The van der Waals surface area contributed by atoms with Gasteiger partial charge in [-0.15, -0.1) is 0 Å². The molecule has 0 N–H and O–H groups in total. The second kappa shape index (κ2) is 13.2. The Labute approximate surface area is 193 Å². The lowest BCUT2D eigenvalue weighted by atomic mass is 9.83. The normalized spacial score (nSPS) is 27.5. The van der Waals surface area contributed by atoms with Gasteiger partial charge in [-0.3, -0.25) is 0 Å². The maximum atomic E-state index is 6.53. The highest BCUT2D eigenvalue weighted by Gasteiger charge is 2.38. The first-order valence-corrected chi connectivity index (χ1v) is 17.8. The Morgan fingerprint density at radius 1 is 0.581 bits per heavy atom. The quantitative estimate of drug-likeness (QED) is 0.218. The van der Waals surface area contributed by atoms with Crippen LogP contribution < -0.4 is 0 Å². The highest BCUT2D eigenvalue weighted by Crippen LogP contribution is 2.32. The van der Waals surface area contributed by atoms with Gasteiger partial charge < -0.3 is 22.4 Å². The molecule has 0 heterocycles. The molecular formula is C24H46O5Si2. The Morgan fingerprint density at radius 2 is 0.871 bits per heavy atom. The molecule has 0 saturated heterocycles. The second-order valence-corrected chi connectivity index (χ2v) is 17.3. The fraction of sp³-hybridized carbons (Fsp3) is 0.833. The van der Waals surface area contributed by atoms with Crippen LogP contribution in [0.5, 0.6) is 0 Å². The van der Waals surface area contributed by atoms with Gasteiger partial charge in [-0.1, -0.05) is 13.2 Å². The van der Waals surface area contributed by atoms with E-state index < -0.39 is 17.1 Å². The molecule has 7 heteroatoms. The van der Waals surface area contributed by atoms with Crippen LogP contribution in [0.1, 0.15) is 51.4 Å². The standard InChI is InChI=1S/C24H46O5Si2/c1-7-25-17-21-9-13-23(14-10-21)19-27-30(3,4)29-31(5,6)28-20-24-15-11-22(12-16-24)18-26-8-2/h7-8,21-24H,1-2,9-20H2,3-6H3. The summed E-state index contributed by atoms with van der Waals surface area (Å²) in [5, 5.41) is 0. The maximum Gasteiger partial charge on any atom is 0.322 e. The lowest BCUT2D eigenvalue weighted by molar-refractivity contribution is 0.104. The van der Waals surface area contributed by atoms with E-state index in [9.17, 15) is 0 Å². The third kappa shape index (κ3) is 10.7. The molecule has 2 fully saturated rings. The van der Waals surface area contributed by atoms with E-state index >= 15 is 0 Å². The highest BCUT2D eigenvalue weighted by molar-refractivity contribution is 6.78. The second-order valence-electron chi connectivity index (χ2n) is 10.3. The predicted octanol–water partition coefficient (Wildman–Crippen LogP) is 6.37. The van der Waals surface area contributed by atoms with Crippen molar-refractivity contribution in [2.24, 2.45) is 23.7 Å². The molecule has 2 saturated carbocycles. The molecule has 0 radical (unpaired) electrons. The summed E-state index contributed by atoms with van der Waals surface area (Å²) >= 11 is 0. The van der Waals surface area contributed by atoms with Crippen LogP contribution in [0.15, 0.2) is 25.7 Å². The Balaban J connectivity index is 1.64. The molecule has 5 nitrogen and oxygen atoms in total. The van der Waals surface area contributed by atoms with E-state index in [1.54, 1.807) is 12.5 Å². The van der Waals surface area contributed by atoms with Crippen molar-refractivity contribution in [2.45, 2.75) is 77.6 Å². The zero-order valence-electron chi connectivity index (χ0n) is 20.4. The third-order valence-corrected chi connectivity index (χ3v) is 12.3. The summed E-state index contributed by atoms with van der Waals surface area (Å²) in [4.78, 5) is 0. The first-order chi connectivity index (χ1) is 14.7. The van der Waals surface area contributed by atoms with Crippen LogP contribution in [0.25, 0.3) is 0 Å². The first kappa shape index (κ1) is 26.6. The summed E-state index contributed by atoms with van der Waals surface area (Å²) in [6, 6.07) is 0. The van der Waals surface area contributed by atoms with Crippen molar-refractivity contribution in [3.05, 3.63) is 25.7 Å². The van der Waals surface area contributed by atoms with Crippen LogP contribution >= 0.6 is 0 Å². The molecule has 2 rings (SSSR count). The fourth-order valence-corrected chi connectivity index (χ4v) is 11.3. The minimum atomic E-state index is -2.20. The monoisotopic (exact) mass is 470 g/mol.